The minimum atomic E-state index is 0.853. The van der Waals surface area contributed by atoms with Gasteiger partial charge in [0.05, 0.1) is 0 Å². The lowest BCUT2D eigenvalue weighted by molar-refractivity contribution is 0.0904. The molecule has 2 aliphatic rings. The van der Waals surface area contributed by atoms with Gasteiger partial charge in [0.15, 0.2) is 0 Å². The minimum absolute atomic E-state index is 0.853. The number of nitrogens with zero attached hydrogens (tertiary/aromatic N) is 1. The molecule has 1 atom stereocenters. The third-order valence-corrected chi connectivity index (χ3v) is 5.63. The van der Waals surface area contributed by atoms with Crippen molar-refractivity contribution in [3.63, 3.8) is 0 Å². The van der Waals surface area contributed by atoms with Crippen molar-refractivity contribution in [1.29, 1.82) is 0 Å². The van der Waals surface area contributed by atoms with Gasteiger partial charge in [-0.25, -0.2) is 0 Å². The number of hydrogen-bond acceptors (Lipinski definition) is 1. The highest BCUT2D eigenvalue weighted by atomic mass is 15.2. The van der Waals surface area contributed by atoms with Crippen molar-refractivity contribution in [3.05, 3.63) is 35.9 Å². The van der Waals surface area contributed by atoms with Crippen LogP contribution in [0.3, 0.4) is 0 Å². The number of piperidine rings is 1. The largest absolute Gasteiger partial charge is 0.300 e. The van der Waals surface area contributed by atoms with E-state index in [4.69, 9.17) is 0 Å². The van der Waals surface area contributed by atoms with Gasteiger partial charge in [0.25, 0.3) is 0 Å². The Morgan fingerprint density at radius 1 is 0.857 bits per heavy atom. The van der Waals surface area contributed by atoms with Crippen LogP contribution in [0.4, 0.5) is 0 Å². The van der Waals surface area contributed by atoms with E-state index in [2.05, 4.69) is 35.2 Å². The number of rotatable bonds is 5. The standard InChI is InChI=1S/C20H31N/c1-4-10-18(11-5-1)14-15-20(19-12-6-2-7-13-19)21-16-8-3-9-17-21/h1,4-5,10-11,19-20H,2-3,6-9,12-17H2/t20-/m1/s1. The maximum absolute atomic E-state index is 2.85. The molecule has 1 heteroatoms. The van der Waals surface area contributed by atoms with Crippen molar-refractivity contribution in [1.82, 2.24) is 4.90 Å². The lowest BCUT2D eigenvalue weighted by Crippen LogP contribution is -2.44. The first kappa shape index (κ1) is 15.1. The van der Waals surface area contributed by atoms with Gasteiger partial charge in [-0.3, -0.25) is 0 Å². The molecular weight excluding hydrogens is 254 g/mol. The molecule has 0 amide bonds. The molecule has 1 saturated carbocycles. The van der Waals surface area contributed by atoms with E-state index < -0.39 is 0 Å². The Labute approximate surface area is 130 Å². The van der Waals surface area contributed by atoms with Crippen LogP contribution in [0.2, 0.25) is 0 Å². The molecule has 0 radical (unpaired) electrons. The van der Waals surface area contributed by atoms with Crippen LogP contribution in [0.5, 0.6) is 0 Å². The van der Waals surface area contributed by atoms with Gasteiger partial charge < -0.3 is 4.90 Å². The van der Waals surface area contributed by atoms with Crippen LogP contribution in [0, 0.1) is 5.92 Å². The predicted octanol–water partition coefficient (Wildman–Crippen LogP) is 5.05. The van der Waals surface area contributed by atoms with E-state index in [0.29, 0.717) is 0 Å². The first-order chi connectivity index (χ1) is 10.4. The first-order valence-corrected chi connectivity index (χ1v) is 9.21. The van der Waals surface area contributed by atoms with Gasteiger partial charge in [0, 0.05) is 6.04 Å². The number of benzene rings is 1. The van der Waals surface area contributed by atoms with Crippen molar-refractivity contribution < 1.29 is 0 Å². The second-order valence-corrected chi connectivity index (χ2v) is 7.09. The van der Waals surface area contributed by atoms with Gasteiger partial charge in [-0.1, -0.05) is 56.0 Å². The second kappa shape index (κ2) is 7.98. The maximum Gasteiger partial charge on any atom is 0.0127 e. The second-order valence-electron chi connectivity index (χ2n) is 7.09. The number of likely N-dealkylation sites (tertiary alicyclic amines) is 1. The highest BCUT2D eigenvalue weighted by molar-refractivity contribution is 5.14. The molecule has 1 aromatic carbocycles. The zero-order valence-corrected chi connectivity index (χ0v) is 13.5. The van der Waals surface area contributed by atoms with Crippen molar-refractivity contribution in [2.45, 2.75) is 70.3 Å². The van der Waals surface area contributed by atoms with E-state index >= 15 is 0 Å². The van der Waals surface area contributed by atoms with E-state index in [1.54, 1.807) is 0 Å². The normalized spacial score (nSPS) is 23.0. The SMILES string of the molecule is c1ccc(CC[C@H](C2CCCCC2)N2CCCCC2)cc1. The quantitative estimate of drug-likeness (QED) is 0.731. The van der Waals surface area contributed by atoms with Crippen molar-refractivity contribution in [2.24, 2.45) is 5.92 Å². The summed E-state index contributed by atoms with van der Waals surface area (Å²) in [5, 5.41) is 0. The summed E-state index contributed by atoms with van der Waals surface area (Å²) in [4.78, 5) is 2.85. The topological polar surface area (TPSA) is 3.24 Å². The van der Waals surface area contributed by atoms with E-state index in [0.717, 1.165) is 12.0 Å². The molecule has 1 nitrogen and oxygen atoms in total. The highest BCUT2D eigenvalue weighted by Gasteiger charge is 2.29. The summed E-state index contributed by atoms with van der Waals surface area (Å²) in [5.41, 5.74) is 1.52. The van der Waals surface area contributed by atoms with Gasteiger partial charge in [-0.15, -0.1) is 0 Å². The molecule has 2 fully saturated rings. The Hall–Kier alpha value is -0.820. The smallest absolute Gasteiger partial charge is 0.0127 e. The van der Waals surface area contributed by atoms with Gasteiger partial charge in [-0.2, -0.15) is 0 Å². The van der Waals surface area contributed by atoms with Crippen LogP contribution in [0.25, 0.3) is 0 Å². The molecule has 3 rings (SSSR count). The molecule has 1 aromatic rings. The fourth-order valence-corrected chi connectivity index (χ4v) is 4.44. The molecular formula is C20H31N. The summed E-state index contributed by atoms with van der Waals surface area (Å²) in [7, 11) is 0. The molecule has 0 N–H and O–H groups in total. The Balaban J connectivity index is 1.62. The molecule has 0 spiro atoms. The summed E-state index contributed by atoms with van der Waals surface area (Å²) < 4.78 is 0. The molecule has 0 aromatic heterocycles. The summed E-state index contributed by atoms with van der Waals surface area (Å²) >= 11 is 0. The summed E-state index contributed by atoms with van der Waals surface area (Å²) in [6.07, 6.45) is 14.3. The summed E-state index contributed by atoms with van der Waals surface area (Å²) in [5.74, 6) is 0.973. The Morgan fingerprint density at radius 3 is 2.24 bits per heavy atom. The zero-order valence-electron chi connectivity index (χ0n) is 13.5. The van der Waals surface area contributed by atoms with Crippen molar-refractivity contribution >= 4 is 0 Å². The summed E-state index contributed by atoms with van der Waals surface area (Å²) in [6.45, 7) is 2.71. The van der Waals surface area contributed by atoms with Crippen LogP contribution in [0.1, 0.15) is 63.4 Å². The van der Waals surface area contributed by atoms with Gasteiger partial charge >= 0.3 is 0 Å². The highest BCUT2D eigenvalue weighted by Crippen LogP contribution is 2.32. The Kier molecular flexibility index (Phi) is 5.74. The predicted molar refractivity (Wildman–Crippen MR) is 90.6 cm³/mol. The molecule has 116 valence electrons. The van der Waals surface area contributed by atoms with E-state index in [9.17, 15) is 0 Å². The number of hydrogen-bond donors (Lipinski definition) is 0. The monoisotopic (exact) mass is 285 g/mol. The fourth-order valence-electron chi connectivity index (χ4n) is 4.44. The maximum atomic E-state index is 2.85. The van der Waals surface area contributed by atoms with Crippen LogP contribution >= 0.6 is 0 Å². The lowest BCUT2D eigenvalue weighted by atomic mass is 9.80. The van der Waals surface area contributed by atoms with Crippen molar-refractivity contribution in [3.8, 4) is 0 Å². The van der Waals surface area contributed by atoms with Crippen molar-refractivity contribution in [2.75, 3.05) is 13.1 Å². The molecule has 1 aliphatic heterocycles. The number of aryl methyl sites for hydroxylation is 1. The zero-order chi connectivity index (χ0) is 14.3. The Bertz CT molecular complexity index is 370. The molecule has 1 saturated heterocycles. The lowest BCUT2D eigenvalue weighted by Gasteiger charge is -2.41. The van der Waals surface area contributed by atoms with Gasteiger partial charge in [0.2, 0.25) is 0 Å². The fraction of sp³-hybridized carbons (Fsp3) is 0.700. The van der Waals surface area contributed by atoms with Crippen LogP contribution in [0.15, 0.2) is 30.3 Å². The van der Waals surface area contributed by atoms with E-state index in [-0.39, 0.29) is 0 Å². The van der Waals surface area contributed by atoms with E-state index in [1.165, 1.54) is 82.9 Å². The van der Waals surface area contributed by atoms with Crippen LogP contribution < -0.4 is 0 Å². The van der Waals surface area contributed by atoms with Gasteiger partial charge in [0.1, 0.15) is 0 Å². The Morgan fingerprint density at radius 2 is 1.52 bits per heavy atom. The third kappa shape index (κ3) is 4.32. The van der Waals surface area contributed by atoms with Crippen LogP contribution in [-0.2, 0) is 6.42 Å². The average molecular weight is 285 g/mol. The average Bonchev–Trinajstić information content (AvgIpc) is 2.58. The molecule has 21 heavy (non-hydrogen) atoms. The molecule has 0 bridgehead atoms. The summed E-state index contributed by atoms with van der Waals surface area (Å²) in [6, 6.07) is 12.0. The van der Waals surface area contributed by atoms with Crippen LogP contribution in [-0.4, -0.2) is 24.0 Å². The molecule has 1 heterocycles. The molecule has 1 aliphatic carbocycles. The van der Waals surface area contributed by atoms with E-state index in [1.807, 2.05) is 0 Å². The first-order valence-electron chi connectivity index (χ1n) is 9.21. The minimum Gasteiger partial charge on any atom is -0.300 e. The molecule has 0 unspecified atom stereocenters. The third-order valence-electron chi connectivity index (χ3n) is 5.63. The van der Waals surface area contributed by atoms with Gasteiger partial charge in [-0.05, 0) is 63.1 Å².